The number of benzene rings is 1. The molecule has 0 bridgehead atoms. The van der Waals surface area contributed by atoms with E-state index in [2.05, 4.69) is 60.8 Å². The van der Waals surface area contributed by atoms with Gasteiger partial charge in [-0.15, -0.1) is 0 Å². The van der Waals surface area contributed by atoms with E-state index in [0.29, 0.717) is 12.5 Å². The van der Waals surface area contributed by atoms with Gasteiger partial charge in [0, 0.05) is 46.1 Å². The van der Waals surface area contributed by atoms with E-state index in [-0.39, 0.29) is 0 Å². The van der Waals surface area contributed by atoms with Crippen molar-refractivity contribution in [1.29, 1.82) is 0 Å². The van der Waals surface area contributed by atoms with Crippen molar-refractivity contribution in [2.75, 3.05) is 53.6 Å². The average Bonchev–Trinajstić information content (AvgIpc) is 2.70. The molecular weight excluding hydrogens is 352 g/mol. The molecule has 1 aromatic carbocycles. The number of guanidine groups is 1. The SMILES string of the molecule is CCNC(=NCc1ccc(CN(C)C)cc1)NCCCOCC1CCOCC1. The van der Waals surface area contributed by atoms with Crippen molar-refractivity contribution in [3.63, 3.8) is 0 Å². The Kier molecular flexibility index (Phi) is 10.9. The molecule has 0 aromatic heterocycles. The second kappa shape index (κ2) is 13.5. The highest BCUT2D eigenvalue weighted by Gasteiger charge is 2.13. The lowest BCUT2D eigenvalue weighted by Gasteiger charge is -2.21. The van der Waals surface area contributed by atoms with E-state index in [0.717, 1.165) is 71.3 Å². The summed E-state index contributed by atoms with van der Waals surface area (Å²) in [6.45, 7) is 8.87. The van der Waals surface area contributed by atoms with Crippen LogP contribution in [0.25, 0.3) is 0 Å². The maximum absolute atomic E-state index is 5.82. The lowest BCUT2D eigenvalue weighted by atomic mass is 10.0. The van der Waals surface area contributed by atoms with Gasteiger partial charge in [-0.1, -0.05) is 24.3 Å². The lowest BCUT2D eigenvalue weighted by molar-refractivity contribution is 0.0203. The first-order valence-electron chi connectivity index (χ1n) is 10.6. The number of nitrogens with one attached hydrogen (secondary N) is 2. The Labute approximate surface area is 170 Å². The van der Waals surface area contributed by atoms with E-state index in [1.165, 1.54) is 11.1 Å². The van der Waals surface area contributed by atoms with Gasteiger partial charge in [0.15, 0.2) is 5.96 Å². The average molecular weight is 391 g/mol. The van der Waals surface area contributed by atoms with E-state index in [9.17, 15) is 0 Å². The molecule has 0 amide bonds. The number of nitrogens with zero attached hydrogens (tertiary/aromatic N) is 2. The molecule has 0 unspecified atom stereocenters. The van der Waals surface area contributed by atoms with Crippen molar-refractivity contribution in [3.05, 3.63) is 35.4 Å². The zero-order valence-electron chi connectivity index (χ0n) is 17.9. The fourth-order valence-corrected chi connectivity index (χ4v) is 3.17. The molecule has 0 spiro atoms. The standard InChI is InChI=1S/C22H38N4O2/c1-4-23-22(24-12-5-13-28-18-21-10-14-27-15-11-21)25-16-19-6-8-20(9-7-19)17-26(2)3/h6-9,21H,4-5,10-18H2,1-3H3,(H2,23,24,25). The first-order valence-corrected chi connectivity index (χ1v) is 10.6. The molecule has 1 fully saturated rings. The molecule has 1 heterocycles. The highest BCUT2D eigenvalue weighted by atomic mass is 16.5. The Bertz CT molecular complexity index is 554. The predicted octanol–water partition coefficient (Wildman–Crippen LogP) is 2.64. The molecule has 6 nitrogen and oxygen atoms in total. The van der Waals surface area contributed by atoms with Crippen LogP contribution < -0.4 is 10.6 Å². The summed E-state index contributed by atoms with van der Waals surface area (Å²) in [6.07, 6.45) is 3.24. The molecule has 1 aliphatic rings. The van der Waals surface area contributed by atoms with Crippen molar-refractivity contribution < 1.29 is 9.47 Å². The van der Waals surface area contributed by atoms with Crippen LogP contribution in [0.4, 0.5) is 0 Å². The monoisotopic (exact) mass is 390 g/mol. The summed E-state index contributed by atoms with van der Waals surface area (Å²) in [7, 11) is 4.17. The Morgan fingerprint density at radius 3 is 2.54 bits per heavy atom. The van der Waals surface area contributed by atoms with Gasteiger partial charge in [0.1, 0.15) is 0 Å². The number of ether oxygens (including phenoxy) is 2. The first-order chi connectivity index (χ1) is 13.7. The molecule has 158 valence electrons. The van der Waals surface area contributed by atoms with E-state index in [1.807, 2.05) is 0 Å². The summed E-state index contributed by atoms with van der Waals surface area (Å²) in [5.41, 5.74) is 2.54. The third kappa shape index (κ3) is 9.53. The summed E-state index contributed by atoms with van der Waals surface area (Å²) in [5.74, 6) is 1.54. The zero-order chi connectivity index (χ0) is 20.0. The Morgan fingerprint density at radius 1 is 1.14 bits per heavy atom. The van der Waals surface area contributed by atoms with Gasteiger partial charge in [0.25, 0.3) is 0 Å². The van der Waals surface area contributed by atoms with Crippen LogP contribution in [0.1, 0.15) is 37.3 Å². The predicted molar refractivity (Wildman–Crippen MR) is 116 cm³/mol. The van der Waals surface area contributed by atoms with E-state index in [1.54, 1.807) is 0 Å². The van der Waals surface area contributed by atoms with Gasteiger partial charge in [-0.2, -0.15) is 0 Å². The quantitative estimate of drug-likeness (QED) is 0.346. The Hall–Kier alpha value is -1.63. The van der Waals surface area contributed by atoms with Crippen molar-refractivity contribution in [2.24, 2.45) is 10.9 Å². The van der Waals surface area contributed by atoms with Crippen molar-refractivity contribution >= 4 is 5.96 Å². The normalized spacial score (nSPS) is 15.8. The molecule has 6 heteroatoms. The van der Waals surface area contributed by atoms with Crippen molar-refractivity contribution in [1.82, 2.24) is 15.5 Å². The molecule has 0 saturated carbocycles. The van der Waals surface area contributed by atoms with E-state index in [4.69, 9.17) is 14.5 Å². The maximum Gasteiger partial charge on any atom is 0.191 e. The van der Waals surface area contributed by atoms with Gasteiger partial charge >= 0.3 is 0 Å². The van der Waals surface area contributed by atoms with Crippen LogP contribution in [-0.4, -0.2) is 64.5 Å². The fourth-order valence-electron chi connectivity index (χ4n) is 3.17. The molecule has 1 aliphatic heterocycles. The van der Waals surface area contributed by atoms with Crippen LogP contribution in [0.5, 0.6) is 0 Å². The van der Waals surface area contributed by atoms with E-state index >= 15 is 0 Å². The smallest absolute Gasteiger partial charge is 0.191 e. The van der Waals surface area contributed by atoms with Gasteiger partial charge < -0.3 is 25.0 Å². The first kappa shape index (κ1) is 22.7. The van der Waals surface area contributed by atoms with Gasteiger partial charge in [-0.05, 0) is 57.3 Å². The number of hydrogen-bond donors (Lipinski definition) is 2. The van der Waals surface area contributed by atoms with Gasteiger partial charge in [-0.25, -0.2) is 4.99 Å². The lowest BCUT2D eigenvalue weighted by Crippen LogP contribution is -2.38. The third-order valence-corrected chi connectivity index (χ3v) is 4.74. The van der Waals surface area contributed by atoms with Gasteiger partial charge in [0.05, 0.1) is 6.54 Å². The minimum Gasteiger partial charge on any atom is -0.381 e. The minimum atomic E-state index is 0.671. The number of aliphatic imine (C=N–C) groups is 1. The van der Waals surface area contributed by atoms with Crippen LogP contribution in [-0.2, 0) is 22.6 Å². The number of hydrogen-bond acceptors (Lipinski definition) is 4. The molecular formula is C22H38N4O2. The molecule has 1 aromatic rings. The Morgan fingerprint density at radius 2 is 1.86 bits per heavy atom. The largest absolute Gasteiger partial charge is 0.381 e. The summed E-state index contributed by atoms with van der Waals surface area (Å²) < 4.78 is 11.2. The summed E-state index contributed by atoms with van der Waals surface area (Å²) in [5, 5.41) is 6.71. The molecule has 0 radical (unpaired) electrons. The van der Waals surface area contributed by atoms with Crippen LogP contribution in [0, 0.1) is 5.92 Å². The maximum atomic E-state index is 5.82. The van der Waals surface area contributed by atoms with Crippen molar-refractivity contribution in [3.8, 4) is 0 Å². The van der Waals surface area contributed by atoms with Crippen LogP contribution in [0.2, 0.25) is 0 Å². The van der Waals surface area contributed by atoms with Gasteiger partial charge in [0.2, 0.25) is 0 Å². The highest BCUT2D eigenvalue weighted by Crippen LogP contribution is 2.14. The van der Waals surface area contributed by atoms with Crippen LogP contribution >= 0.6 is 0 Å². The summed E-state index contributed by atoms with van der Waals surface area (Å²) >= 11 is 0. The summed E-state index contributed by atoms with van der Waals surface area (Å²) in [6, 6.07) is 8.69. The van der Waals surface area contributed by atoms with Gasteiger partial charge in [-0.3, -0.25) is 0 Å². The second-order valence-electron chi connectivity index (χ2n) is 7.66. The Balaban J connectivity index is 1.65. The number of rotatable bonds is 11. The third-order valence-electron chi connectivity index (χ3n) is 4.74. The zero-order valence-corrected chi connectivity index (χ0v) is 17.9. The van der Waals surface area contributed by atoms with Crippen LogP contribution in [0.3, 0.4) is 0 Å². The molecule has 0 aliphatic carbocycles. The molecule has 2 N–H and O–H groups in total. The molecule has 2 rings (SSSR count). The molecule has 1 saturated heterocycles. The minimum absolute atomic E-state index is 0.671. The fraction of sp³-hybridized carbons (Fsp3) is 0.682. The highest BCUT2D eigenvalue weighted by molar-refractivity contribution is 5.79. The molecule has 0 atom stereocenters. The topological polar surface area (TPSA) is 58.1 Å². The molecule has 28 heavy (non-hydrogen) atoms. The van der Waals surface area contributed by atoms with Crippen LogP contribution in [0.15, 0.2) is 29.3 Å². The second-order valence-corrected chi connectivity index (χ2v) is 7.66. The summed E-state index contributed by atoms with van der Waals surface area (Å²) in [4.78, 5) is 6.87. The van der Waals surface area contributed by atoms with E-state index < -0.39 is 0 Å². The van der Waals surface area contributed by atoms with Crippen molar-refractivity contribution in [2.45, 2.75) is 39.3 Å².